The zero-order valence-corrected chi connectivity index (χ0v) is 17.2. The van der Waals surface area contributed by atoms with Gasteiger partial charge in [-0.15, -0.1) is 0 Å². The Bertz CT molecular complexity index is 959. The third-order valence-electron chi connectivity index (χ3n) is 6.35. The van der Waals surface area contributed by atoms with Crippen LogP contribution in [0.2, 0.25) is 0 Å². The maximum Gasteiger partial charge on any atom is 0.174 e. The van der Waals surface area contributed by atoms with Gasteiger partial charge in [0, 0.05) is 17.5 Å². The van der Waals surface area contributed by atoms with E-state index in [1.54, 1.807) is 0 Å². The Balaban J connectivity index is 1.88. The number of ketones is 1. The van der Waals surface area contributed by atoms with Crippen molar-refractivity contribution in [2.75, 3.05) is 0 Å². The van der Waals surface area contributed by atoms with Crippen LogP contribution in [0.5, 0.6) is 17.2 Å². The van der Waals surface area contributed by atoms with Gasteiger partial charge in [0.05, 0.1) is 6.42 Å². The first kappa shape index (κ1) is 19.6. The molecule has 1 aliphatic carbocycles. The second kappa shape index (κ2) is 7.58. The number of fused-ring (bicyclic) bond motifs is 1. The number of hydrogen-bond acceptors (Lipinski definition) is 4. The van der Waals surface area contributed by atoms with Crippen LogP contribution in [0.15, 0.2) is 48.0 Å². The molecule has 4 rings (SSSR count). The van der Waals surface area contributed by atoms with E-state index in [1.807, 2.05) is 30.3 Å². The van der Waals surface area contributed by atoms with Crippen molar-refractivity contribution < 1.29 is 19.7 Å². The molecule has 0 radical (unpaired) electrons. The minimum absolute atomic E-state index is 0.00985. The molecular formula is C25H28O4. The van der Waals surface area contributed by atoms with Crippen molar-refractivity contribution in [3.63, 3.8) is 0 Å². The standard InChI is InChI=1S/C25H28O4/c1-14(2)17-10-9-15(3)11-18(17)23-19(26)12-20(27)24-21(28)13-22(29-25(23)24)16-7-5-4-6-8-16/h4-8,11-12,14,17-18,22,26-27H,9-10,13H2,1-3H3. The van der Waals surface area contributed by atoms with Crippen LogP contribution in [-0.4, -0.2) is 16.0 Å². The lowest BCUT2D eigenvalue weighted by atomic mass is 9.71. The highest BCUT2D eigenvalue weighted by Gasteiger charge is 2.38. The molecule has 3 unspecified atom stereocenters. The fourth-order valence-electron chi connectivity index (χ4n) is 4.80. The summed E-state index contributed by atoms with van der Waals surface area (Å²) in [6.45, 7) is 6.48. The van der Waals surface area contributed by atoms with Crippen LogP contribution in [0.4, 0.5) is 0 Å². The molecule has 2 N–H and O–H groups in total. The van der Waals surface area contributed by atoms with E-state index in [0.717, 1.165) is 18.4 Å². The molecule has 0 saturated carbocycles. The van der Waals surface area contributed by atoms with E-state index in [4.69, 9.17) is 4.74 Å². The molecule has 2 aromatic rings. The van der Waals surface area contributed by atoms with Crippen LogP contribution < -0.4 is 4.74 Å². The number of carbonyl (C=O) groups excluding carboxylic acids is 1. The molecule has 0 saturated heterocycles. The van der Waals surface area contributed by atoms with Gasteiger partial charge in [-0.2, -0.15) is 0 Å². The van der Waals surface area contributed by atoms with Crippen LogP contribution in [0.3, 0.4) is 0 Å². The largest absolute Gasteiger partial charge is 0.507 e. The Morgan fingerprint density at radius 2 is 1.83 bits per heavy atom. The molecule has 4 heteroatoms. The van der Waals surface area contributed by atoms with Gasteiger partial charge >= 0.3 is 0 Å². The molecule has 4 nitrogen and oxygen atoms in total. The van der Waals surface area contributed by atoms with E-state index in [9.17, 15) is 15.0 Å². The van der Waals surface area contributed by atoms with Crippen molar-refractivity contribution >= 4 is 5.78 Å². The van der Waals surface area contributed by atoms with Crippen molar-refractivity contribution in [3.8, 4) is 17.2 Å². The van der Waals surface area contributed by atoms with Gasteiger partial charge < -0.3 is 14.9 Å². The number of benzene rings is 2. The Hall–Kier alpha value is -2.75. The van der Waals surface area contributed by atoms with Crippen molar-refractivity contribution in [1.29, 1.82) is 0 Å². The van der Waals surface area contributed by atoms with Gasteiger partial charge in [0.25, 0.3) is 0 Å². The zero-order valence-electron chi connectivity index (χ0n) is 17.2. The van der Waals surface area contributed by atoms with Crippen LogP contribution in [0.25, 0.3) is 0 Å². The predicted molar refractivity (Wildman–Crippen MR) is 113 cm³/mol. The van der Waals surface area contributed by atoms with E-state index in [1.165, 1.54) is 11.6 Å². The molecule has 0 bridgehead atoms. The van der Waals surface area contributed by atoms with E-state index >= 15 is 0 Å². The second-order valence-corrected chi connectivity index (χ2v) is 8.66. The Morgan fingerprint density at radius 3 is 2.52 bits per heavy atom. The van der Waals surface area contributed by atoms with E-state index < -0.39 is 6.10 Å². The number of phenolic OH excluding ortho intramolecular Hbond substituents is 2. The van der Waals surface area contributed by atoms with E-state index in [-0.39, 0.29) is 35.2 Å². The zero-order chi connectivity index (χ0) is 20.7. The number of rotatable bonds is 3. The highest BCUT2D eigenvalue weighted by Crippen LogP contribution is 2.52. The fourth-order valence-corrected chi connectivity index (χ4v) is 4.80. The summed E-state index contributed by atoms with van der Waals surface area (Å²) in [6.07, 6.45) is 3.99. The average Bonchev–Trinajstić information content (AvgIpc) is 2.67. The molecule has 1 aliphatic heterocycles. The van der Waals surface area contributed by atoms with Crippen LogP contribution in [0, 0.1) is 11.8 Å². The summed E-state index contributed by atoms with van der Waals surface area (Å²) in [7, 11) is 0. The first-order valence-corrected chi connectivity index (χ1v) is 10.4. The molecule has 0 fully saturated rings. The van der Waals surface area contributed by atoms with Crippen LogP contribution in [0.1, 0.15) is 73.5 Å². The SMILES string of the molecule is CC1=CC(c2c(O)cc(O)c3c2OC(c2ccccc2)CC3=O)C(C(C)C)CC1. The molecule has 0 aromatic heterocycles. The minimum Gasteiger partial charge on any atom is -0.507 e. The monoisotopic (exact) mass is 392 g/mol. The minimum atomic E-state index is -0.428. The summed E-state index contributed by atoms with van der Waals surface area (Å²) in [5.74, 6) is 0.650. The van der Waals surface area contributed by atoms with Gasteiger partial charge in [0.1, 0.15) is 28.9 Å². The third-order valence-corrected chi connectivity index (χ3v) is 6.35. The van der Waals surface area contributed by atoms with Crippen molar-refractivity contribution in [1.82, 2.24) is 0 Å². The molecular weight excluding hydrogens is 364 g/mol. The van der Waals surface area contributed by atoms with Gasteiger partial charge in [-0.05, 0) is 37.2 Å². The first-order chi connectivity index (χ1) is 13.9. The van der Waals surface area contributed by atoms with Crippen molar-refractivity contribution in [3.05, 3.63) is 64.7 Å². The van der Waals surface area contributed by atoms with Crippen LogP contribution in [-0.2, 0) is 0 Å². The number of carbonyl (C=O) groups is 1. The number of phenols is 2. The molecule has 152 valence electrons. The number of aromatic hydroxyl groups is 2. The normalized spacial score (nSPS) is 24.1. The van der Waals surface area contributed by atoms with Gasteiger partial charge in [-0.25, -0.2) is 0 Å². The summed E-state index contributed by atoms with van der Waals surface area (Å²) in [4.78, 5) is 13.0. The topological polar surface area (TPSA) is 66.8 Å². The molecule has 1 heterocycles. The van der Waals surface area contributed by atoms with Gasteiger partial charge in [0.2, 0.25) is 0 Å². The van der Waals surface area contributed by atoms with Crippen molar-refractivity contribution in [2.45, 2.75) is 52.1 Å². The van der Waals surface area contributed by atoms with Gasteiger partial charge in [-0.1, -0.05) is 55.8 Å². The Labute approximate surface area is 171 Å². The fraction of sp³-hybridized carbons (Fsp3) is 0.400. The number of allylic oxidation sites excluding steroid dienone is 2. The average molecular weight is 392 g/mol. The molecule has 3 atom stereocenters. The number of ether oxygens (including phenoxy) is 1. The lowest BCUT2D eigenvalue weighted by Gasteiger charge is -2.36. The first-order valence-electron chi connectivity index (χ1n) is 10.4. The Morgan fingerprint density at radius 1 is 1.10 bits per heavy atom. The van der Waals surface area contributed by atoms with E-state index in [2.05, 4.69) is 26.8 Å². The molecule has 2 aromatic carbocycles. The third kappa shape index (κ3) is 3.52. The summed E-state index contributed by atoms with van der Waals surface area (Å²) in [6, 6.07) is 10.9. The van der Waals surface area contributed by atoms with E-state index in [0.29, 0.717) is 23.1 Å². The molecule has 0 amide bonds. The molecule has 2 aliphatic rings. The highest BCUT2D eigenvalue weighted by molar-refractivity contribution is 6.03. The number of Topliss-reactive ketones (excluding diaryl/α,β-unsaturated/α-hetero) is 1. The van der Waals surface area contributed by atoms with Gasteiger partial charge in [-0.3, -0.25) is 4.79 Å². The van der Waals surface area contributed by atoms with Gasteiger partial charge in [0.15, 0.2) is 5.78 Å². The summed E-state index contributed by atoms with van der Waals surface area (Å²) >= 11 is 0. The number of hydrogen-bond donors (Lipinski definition) is 2. The lowest BCUT2D eigenvalue weighted by molar-refractivity contribution is 0.0840. The molecule has 29 heavy (non-hydrogen) atoms. The quantitative estimate of drug-likeness (QED) is 0.638. The maximum atomic E-state index is 13.0. The maximum absolute atomic E-state index is 13.0. The lowest BCUT2D eigenvalue weighted by Crippen LogP contribution is -2.25. The predicted octanol–water partition coefficient (Wildman–Crippen LogP) is 5.90. The smallest absolute Gasteiger partial charge is 0.174 e. The van der Waals surface area contributed by atoms with Crippen molar-refractivity contribution in [2.24, 2.45) is 11.8 Å². The van der Waals surface area contributed by atoms with Crippen LogP contribution >= 0.6 is 0 Å². The highest BCUT2D eigenvalue weighted by atomic mass is 16.5. The summed E-state index contributed by atoms with van der Waals surface area (Å²) < 4.78 is 6.33. The second-order valence-electron chi connectivity index (χ2n) is 8.66. The Kier molecular flexibility index (Phi) is 5.12. The summed E-state index contributed by atoms with van der Waals surface area (Å²) in [5.41, 5.74) is 3.01. The summed E-state index contributed by atoms with van der Waals surface area (Å²) in [5, 5.41) is 21.3. The molecule has 0 spiro atoms.